The Hall–Kier alpha value is -1.21. The number of nitrogens with one attached hydrogen (secondary N) is 1. The molecule has 1 fully saturated rings. The van der Waals surface area contributed by atoms with E-state index in [2.05, 4.69) is 5.32 Å². The minimum absolute atomic E-state index is 0.350. The summed E-state index contributed by atoms with van der Waals surface area (Å²) in [5.41, 5.74) is -0.865. The first-order valence-corrected chi connectivity index (χ1v) is 6.72. The lowest BCUT2D eigenvalue weighted by molar-refractivity contribution is -0.137. The van der Waals surface area contributed by atoms with Gasteiger partial charge >= 0.3 is 13.3 Å². The molecule has 1 aromatic rings. The van der Waals surface area contributed by atoms with E-state index in [1.54, 1.807) is 7.05 Å². The molecule has 3 nitrogen and oxygen atoms in total. The predicted octanol–water partition coefficient (Wildman–Crippen LogP) is 3.05. The molecule has 0 aliphatic carbocycles. The van der Waals surface area contributed by atoms with Gasteiger partial charge in [0.2, 0.25) is 0 Å². The van der Waals surface area contributed by atoms with E-state index >= 15 is 0 Å². The molecule has 0 aromatic heterocycles. The van der Waals surface area contributed by atoms with Gasteiger partial charge in [0, 0.05) is 18.2 Å². The highest BCUT2D eigenvalue weighted by atomic mass is 19.4. The Kier molecular flexibility index (Phi) is 3.79. The van der Waals surface area contributed by atoms with Crippen LogP contribution in [0.15, 0.2) is 18.2 Å². The average Bonchev–Trinajstić information content (AvgIpc) is 2.56. The standard InChI is InChI=1S/C14H19BF3NO2/c1-12(2)13(3,4)21-15(20-12)10-7-6-9(14(16,17)18)8-11(10)19-5/h6-8,19H,1-5H3. The Morgan fingerprint density at radius 2 is 1.57 bits per heavy atom. The van der Waals surface area contributed by atoms with Crippen LogP contribution in [0.5, 0.6) is 0 Å². The van der Waals surface area contributed by atoms with Gasteiger partial charge in [-0.3, -0.25) is 0 Å². The number of benzene rings is 1. The van der Waals surface area contributed by atoms with Gasteiger partial charge in [-0.05, 0) is 33.8 Å². The molecule has 0 radical (unpaired) electrons. The summed E-state index contributed by atoms with van der Waals surface area (Å²) < 4.78 is 50.1. The maximum Gasteiger partial charge on any atom is 0.496 e. The first kappa shape index (κ1) is 16.2. The van der Waals surface area contributed by atoms with Crippen molar-refractivity contribution in [1.29, 1.82) is 0 Å². The highest BCUT2D eigenvalue weighted by Crippen LogP contribution is 2.37. The van der Waals surface area contributed by atoms with E-state index in [1.165, 1.54) is 6.07 Å². The molecule has 1 aliphatic heterocycles. The highest BCUT2D eigenvalue weighted by Gasteiger charge is 2.52. The lowest BCUT2D eigenvalue weighted by Crippen LogP contribution is -2.41. The summed E-state index contributed by atoms with van der Waals surface area (Å²) in [5.74, 6) is 0. The molecule has 2 rings (SSSR count). The van der Waals surface area contributed by atoms with Gasteiger partial charge in [0.25, 0.3) is 0 Å². The molecule has 21 heavy (non-hydrogen) atoms. The largest absolute Gasteiger partial charge is 0.496 e. The van der Waals surface area contributed by atoms with Crippen LogP contribution in [-0.2, 0) is 15.5 Å². The molecule has 7 heteroatoms. The summed E-state index contributed by atoms with van der Waals surface area (Å²) in [6, 6.07) is 3.51. The fraction of sp³-hybridized carbons (Fsp3) is 0.571. The van der Waals surface area contributed by atoms with E-state index in [9.17, 15) is 13.2 Å². The van der Waals surface area contributed by atoms with Crippen molar-refractivity contribution in [2.45, 2.75) is 45.1 Å². The normalized spacial score (nSPS) is 20.7. The molecule has 0 atom stereocenters. The van der Waals surface area contributed by atoms with Crippen LogP contribution in [-0.4, -0.2) is 25.4 Å². The lowest BCUT2D eigenvalue weighted by Gasteiger charge is -2.32. The zero-order valence-electron chi connectivity index (χ0n) is 12.8. The first-order chi connectivity index (χ1) is 9.48. The maximum absolute atomic E-state index is 12.8. The zero-order valence-corrected chi connectivity index (χ0v) is 12.8. The van der Waals surface area contributed by atoms with E-state index < -0.39 is 30.1 Å². The molecule has 1 saturated heterocycles. The summed E-state index contributed by atoms with van der Waals surface area (Å²) >= 11 is 0. The van der Waals surface area contributed by atoms with E-state index in [1.807, 2.05) is 27.7 Å². The van der Waals surface area contributed by atoms with Crippen LogP contribution in [0.25, 0.3) is 0 Å². The third-order valence-electron chi connectivity index (χ3n) is 4.16. The Balaban J connectivity index is 2.38. The van der Waals surface area contributed by atoms with Gasteiger partial charge in [0.15, 0.2) is 0 Å². The van der Waals surface area contributed by atoms with Crippen molar-refractivity contribution in [3.05, 3.63) is 23.8 Å². The summed E-state index contributed by atoms with van der Waals surface area (Å²) in [7, 11) is 0.879. The molecular weight excluding hydrogens is 282 g/mol. The first-order valence-electron chi connectivity index (χ1n) is 6.72. The van der Waals surface area contributed by atoms with Crippen LogP contribution in [0.4, 0.5) is 18.9 Å². The minimum atomic E-state index is -4.37. The zero-order chi connectivity index (χ0) is 16.1. The molecule has 1 aromatic carbocycles. The number of hydrogen-bond donors (Lipinski definition) is 1. The number of rotatable bonds is 2. The average molecular weight is 301 g/mol. The van der Waals surface area contributed by atoms with Crippen LogP contribution in [0, 0.1) is 0 Å². The number of anilines is 1. The topological polar surface area (TPSA) is 30.5 Å². The monoisotopic (exact) mass is 301 g/mol. The SMILES string of the molecule is CNc1cc(C(F)(F)F)ccc1B1OC(C)(C)C(C)(C)O1. The Labute approximate surface area is 123 Å². The van der Waals surface area contributed by atoms with Crippen molar-refractivity contribution in [3.8, 4) is 0 Å². The molecule has 0 saturated carbocycles. The minimum Gasteiger partial charge on any atom is -0.399 e. The molecular formula is C14H19BF3NO2. The highest BCUT2D eigenvalue weighted by molar-refractivity contribution is 6.64. The van der Waals surface area contributed by atoms with Gasteiger partial charge in [-0.1, -0.05) is 12.1 Å². The fourth-order valence-corrected chi connectivity index (χ4v) is 2.12. The van der Waals surface area contributed by atoms with Gasteiger partial charge in [-0.15, -0.1) is 0 Å². The van der Waals surface area contributed by atoms with Crippen LogP contribution in [0.1, 0.15) is 33.3 Å². The summed E-state index contributed by atoms with van der Waals surface area (Å²) in [4.78, 5) is 0. The summed E-state index contributed by atoms with van der Waals surface area (Å²) in [6.45, 7) is 7.60. The summed E-state index contributed by atoms with van der Waals surface area (Å²) in [6.07, 6.45) is -4.37. The third kappa shape index (κ3) is 2.89. The second-order valence-corrected chi connectivity index (χ2v) is 6.14. The van der Waals surface area contributed by atoms with Crippen molar-refractivity contribution < 1.29 is 22.5 Å². The van der Waals surface area contributed by atoms with Crippen LogP contribution < -0.4 is 10.8 Å². The Morgan fingerprint density at radius 1 is 1.05 bits per heavy atom. The Morgan fingerprint density at radius 3 is 2.00 bits per heavy atom. The Bertz CT molecular complexity index is 528. The molecule has 1 aliphatic rings. The molecule has 0 bridgehead atoms. The molecule has 0 amide bonds. The van der Waals surface area contributed by atoms with E-state index in [4.69, 9.17) is 9.31 Å². The van der Waals surface area contributed by atoms with Crippen molar-refractivity contribution in [1.82, 2.24) is 0 Å². The number of hydrogen-bond acceptors (Lipinski definition) is 3. The molecule has 1 heterocycles. The van der Waals surface area contributed by atoms with E-state index in [0.717, 1.165) is 12.1 Å². The van der Waals surface area contributed by atoms with Crippen molar-refractivity contribution in [3.63, 3.8) is 0 Å². The molecule has 1 N–H and O–H groups in total. The van der Waals surface area contributed by atoms with Crippen molar-refractivity contribution in [2.75, 3.05) is 12.4 Å². The summed E-state index contributed by atoms with van der Waals surface area (Å²) in [5, 5.41) is 2.78. The fourth-order valence-electron chi connectivity index (χ4n) is 2.12. The number of halogens is 3. The van der Waals surface area contributed by atoms with Gasteiger partial charge in [-0.25, -0.2) is 0 Å². The van der Waals surface area contributed by atoms with Crippen LogP contribution in [0.3, 0.4) is 0 Å². The lowest BCUT2D eigenvalue weighted by atomic mass is 9.77. The smallest absolute Gasteiger partial charge is 0.399 e. The molecule has 116 valence electrons. The van der Waals surface area contributed by atoms with Crippen molar-refractivity contribution in [2.24, 2.45) is 0 Å². The van der Waals surface area contributed by atoms with Gasteiger partial charge in [-0.2, -0.15) is 13.2 Å². The van der Waals surface area contributed by atoms with E-state index in [-0.39, 0.29) is 0 Å². The maximum atomic E-state index is 12.8. The van der Waals surface area contributed by atoms with Gasteiger partial charge in [0.05, 0.1) is 16.8 Å². The second kappa shape index (κ2) is 4.92. The van der Waals surface area contributed by atoms with Gasteiger partial charge < -0.3 is 14.6 Å². The van der Waals surface area contributed by atoms with Crippen molar-refractivity contribution >= 4 is 18.3 Å². The number of alkyl halides is 3. The van der Waals surface area contributed by atoms with Crippen LogP contribution >= 0.6 is 0 Å². The van der Waals surface area contributed by atoms with Gasteiger partial charge in [0.1, 0.15) is 0 Å². The molecule has 0 unspecified atom stereocenters. The molecule has 0 spiro atoms. The predicted molar refractivity (Wildman–Crippen MR) is 76.7 cm³/mol. The quantitative estimate of drug-likeness (QED) is 0.852. The van der Waals surface area contributed by atoms with Crippen LogP contribution in [0.2, 0.25) is 0 Å². The second-order valence-electron chi connectivity index (χ2n) is 6.14. The van der Waals surface area contributed by atoms with E-state index in [0.29, 0.717) is 11.2 Å². The third-order valence-corrected chi connectivity index (χ3v) is 4.16.